The molecule has 1 heterocycles. The van der Waals surface area contributed by atoms with Gasteiger partial charge in [-0.2, -0.15) is 5.11 Å². The number of likely N-dealkylation sites (N-methyl/N-ethyl adjacent to an activating group) is 1. The fourth-order valence-corrected chi connectivity index (χ4v) is 10.2. The van der Waals surface area contributed by atoms with Crippen molar-refractivity contribution in [2.24, 2.45) is 16.1 Å². The Morgan fingerprint density at radius 3 is 1.94 bits per heavy atom. The number of esters is 1. The summed E-state index contributed by atoms with van der Waals surface area (Å²) in [5.41, 5.74) is 2.08. The predicted octanol–water partition coefficient (Wildman–Crippen LogP) is 7.68. The van der Waals surface area contributed by atoms with Gasteiger partial charge in [0.1, 0.15) is 11.9 Å². The largest absolute Gasteiger partial charge is 0.484 e. The Morgan fingerprint density at radius 1 is 0.889 bits per heavy atom. The molecular weight excluding hydrogens is 716 g/mol. The maximum Gasteiger partial charge on any atom is 0.452 e. The summed E-state index contributed by atoms with van der Waals surface area (Å²) >= 11 is 0. The Morgan fingerprint density at radius 2 is 1.46 bits per heavy atom. The number of benzene rings is 4. The van der Waals surface area contributed by atoms with E-state index >= 15 is 0 Å². The van der Waals surface area contributed by atoms with E-state index in [9.17, 15) is 14.2 Å². The number of ether oxygens (including phenoxy) is 3. The molecule has 11 heteroatoms. The first-order valence-electron chi connectivity index (χ1n) is 18.4. The van der Waals surface area contributed by atoms with Gasteiger partial charge in [-0.15, -0.1) is 0 Å². The van der Waals surface area contributed by atoms with Gasteiger partial charge in [0.05, 0.1) is 18.5 Å². The van der Waals surface area contributed by atoms with E-state index in [1.165, 1.54) is 28.4 Å². The first-order chi connectivity index (χ1) is 26.2. The molecule has 0 saturated heterocycles. The molecule has 9 nitrogen and oxygen atoms in total. The van der Waals surface area contributed by atoms with E-state index in [4.69, 9.17) is 9.47 Å². The Labute approximate surface area is 321 Å². The van der Waals surface area contributed by atoms with Crippen LogP contribution in [0.15, 0.2) is 126 Å². The molecule has 1 aliphatic heterocycles. The molecule has 7 rings (SSSR count). The highest BCUT2D eigenvalue weighted by molar-refractivity contribution is 7.79. The van der Waals surface area contributed by atoms with Gasteiger partial charge in [0.2, 0.25) is 0 Å². The molecule has 282 valence electrons. The zero-order chi connectivity index (χ0) is 38.7. The third kappa shape index (κ3) is 9.03. The van der Waals surface area contributed by atoms with Crippen LogP contribution in [0.2, 0.25) is 0 Å². The molecule has 0 N–H and O–H groups in total. The number of carbonyl (C=O) groups excluding carboxylic acids is 2. The van der Waals surface area contributed by atoms with Crippen molar-refractivity contribution in [2.75, 3.05) is 26.7 Å². The van der Waals surface area contributed by atoms with Gasteiger partial charge < -0.3 is 19.1 Å². The summed E-state index contributed by atoms with van der Waals surface area (Å²) in [7, 11) is 1.66. The number of rotatable bonds is 9. The van der Waals surface area contributed by atoms with E-state index in [0.29, 0.717) is 24.5 Å². The lowest BCUT2D eigenvalue weighted by Gasteiger charge is -2.50. The van der Waals surface area contributed by atoms with Crippen LogP contribution < -0.4 is 26.0 Å². The summed E-state index contributed by atoms with van der Waals surface area (Å²) in [5, 5.41) is 11.5. The molecule has 2 aliphatic carbocycles. The van der Waals surface area contributed by atoms with Crippen LogP contribution in [0.25, 0.3) is 0 Å². The number of hydrogen-bond acceptors (Lipinski definition) is 8. The quantitative estimate of drug-likeness (QED) is 0.0745. The predicted molar refractivity (Wildman–Crippen MR) is 217 cm³/mol. The van der Waals surface area contributed by atoms with Gasteiger partial charge in [0.25, 0.3) is 0 Å². The van der Waals surface area contributed by atoms with E-state index < -0.39 is 20.1 Å². The Kier molecular flexibility index (Phi) is 14.4. The summed E-state index contributed by atoms with van der Waals surface area (Å²) in [5.74, 6) is 0.647. The van der Waals surface area contributed by atoms with Crippen LogP contribution in [-0.4, -0.2) is 62.0 Å². The van der Waals surface area contributed by atoms with Crippen molar-refractivity contribution < 1.29 is 28.4 Å². The average Bonchev–Trinajstić information content (AvgIpc) is 3.53. The molecule has 0 aromatic heterocycles. The molecule has 54 heavy (non-hydrogen) atoms. The van der Waals surface area contributed by atoms with Gasteiger partial charge >= 0.3 is 12.1 Å². The number of azo groups is 1. The van der Waals surface area contributed by atoms with E-state index in [2.05, 4.69) is 144 Å². The van der Waals surface area contributed by atoms with Crippen LogP contribution in [0.3, 0.4) is 0 Å². The minimum Gasteiger partial charge on any atom is -0.484 e. The summed E-state index contributed by atoms with van der Waals surface area (Å²) < 4.78 is 28.0. The highest BCUT2D eigenvalue weighted by atomic mass is 31.1. The number of hydrogen-bond donors (Lipinski definition) is 0. The van der Waals surface area contributed by atoms with Gasteiger partial charge in [-0.3, -0.25) is 9.36 Å². The van der Waals surface area contributed by atoms with Crippen LogP contribution in [0, 0.1) is 5.92 Å². The summed E-state index contributed by atoms with van der Waals surface area (Å²) in [6.07, 6.45) is 3.76. The van der Waals surface area contributed by atoms with Crippen molar-refractivity contribution in [1.82, 2.24) is 4.90 Å². The van der Waals surface area contributed by atoms with Crippen molar-refractivity contribution in [2.45, 2.75) is 64.7 Å². The van der Waals surface area contributed by atoms with Gasteiger partial charge in [0, 0.05) is 29.9 Å². The Bertz CT molecular complexity index is 1830. The SMILES string of the molecule is CCN(C)[C@@H]1Cc2ccc(P=O)c3c2[C@@]2(C)C(O3)[C@H](OC(C)=O)C=C[C@@H]12.CCN=NC(=O)OCC.c1ccc(P(c2ccccc2)c2ccccc2)cc1. The first-order valence-corrected chi connectivity index (χ1v) is 20.5. The second-order valence-electron chi connectivity index (χ2n) is 13.3. The van der Waals surface area contributed by atoms with Crippen LogP contribution in [0.5, 0.6) is 5.75 Å². The van der Waals surface area contributed by atoms with Crippen molar-refractivity contribution in [3.8, 4) is 5.75 Å². The normalized spacial score (nSPS) is 21.7. The summed E-state index contributed by atoms with van der Waals surface area (Å²) in [6, 6.07) is 36.6. The molecular formula is C43H49N3O6P2. The first kappa shape index (κ1) is 40.6. The van der Waals surface area contributed by atoms with Crippen molar-refractivity contribution in [1.29, 1.82) is 0 Å². The molecule has 0 saturated carbocycles. The highest BCUT2D eigenvalue weighted by Crippen LogP contribution is 2.57. The number of amides is 1. The average molecular weight is 766 g/mol. The number of nitrogens with zero attached hydrogens (tertiary/aromatic N) is 3. The minimum atomic E-state index is -0.612. The molecule has 0 radical (unpaired) electrons. The van der Waals surface area contributed by atoms with Gasteiger partial charge in [0.15, 0.2) is 14.6 Å². The zero-order valence-electron chi connectivity index (χ0n) is 31.8. The molecule has 1 unspecified atom stereocenters. The fourth-order valence-electron chi connectivity index (χ4n) is 7.55. The fraction of sp³-hybridized carbons (Fsp3) is 0.349. The molecule has 4 aromatic carbocycles. The molecule has 0 spiro atoms. The van der Waals surface area contributed by atoms with Crippen molar-refractivity contribution >= 4 is 49.7 Å². The molecule has 4 aromatic rings. The standard InChI is InChI=1S/C20H24NO4P.C18H15P.C5H10N2O2/c1-5-21(4)14-10-12-6-9-16(26-23)18-17(12)20(3)13(14)7-8-15(19(20)25-18)24-11(2)22;1-4-10-16(11-5-1)19(17-12-6-2-7-13-17)18-14-8-3-9-15-18;1-3-6-7-5(8)9-4-2/h6-9,13-15,19H,5,10H2,1-4H3;1-15H;3-4H2,1-2H3/t13-,14+,15+,19?,20-;;/m0../s1. The van der Waals surface area contributed by atoms with Crippen LogP contribution in [0.1, 0.15) is 45.7 Å². The molecule has 1 amide bonds. The summed E-state index contributed by atoms with van der Waals surface area (Å²) in [4.78, 5) is 24.3. The van der Waals surface area contributed by atoms with Gasteiger partial charge in [-0.25, -0.2) is 4.79 Å². The number of carbonyl (C=O) groups is 2. The molecule has 0 bridgehead atoms. The van der Waals surface area contributed by atoms with Crippen molar-refractivity contribution in [3.63, 3.8) is 0 Å². The van der Waals surface area contributed by atoms with E-state index in [0.717, 1.165) is 24.3 Å². The molecule has 0 fully saturated rings. The summed E-state index contributed by atoms with van der Waals surface area (Å²) in [6.45, 7) is 11.1. The van der Waals surface area contributed by atoms with Crippen LogP contribution in [-0.2, 0) is 30.7 Å². The van der Waals surface area contributed by atoms with E-state index in [-0.39, 0.29) is 31.9 Å². The smallest absolute Gasteiger partial charge is 0.452 e. The highest BCUT2D eigenvalue weighted by Gasteiger charge is 2.61. The third-order valence-electron chi connectivity index (χ3n) is 10.0. The minimum absolute atomic E-state index is 0.0485. The Hall–Kier alpha value is -4.55. The van der Waals surface area contributed by atoms with Crippen LogP contribution in [0.4, 0.5) is 4.79 Å². The van der Waals surface area contributed by atoms with Gasteiger partial charge in [-0.05, 0) is 75.4 Å². The Balaban J connectivity index is 0.000000175. The topological polar surface area (TPSA) is 107 Å². The van der Waals surface area contributed by atoms with E-state index in [1.54, 1.807) is 13.8 Å². The maximum absolute atomic E-state index is 11.7. The monoisotopic (exact) mass is 765 g/mol. The third-order valence-corrected chi connectivity index (χ3v) is 13.0. The van der Waals surface area contributed by atoms with Crippen molar-refractivity contribution in [3.05, 3.63) is 126 Å². The zero-order valence-corrected chi connectivity index (χ0v) is 33.6. The molecule has 3 aliphatic rings. The lowest BCUT2D eigenvalue weighted by molar-refractivity contribution is -0.150. The lowest BCUT2D eigenvalue weighted by atomic mass is 9.57. The maximum atomic E-state index is 11.7. The van der Waals surface area contributed by atoms with E-state index in [1.807, 2.05) is 12.1 Å². The lowest BCUT2D eigenvalue weighted by Crippen LogP contribution is -2.59. The van der Waals surface area contributed by atoms with Crippen LogP contribution >= 0.6 is 16.4 Å². The molecule has 5 atom stereocenters. The second-order valence-corrected chi connectivity index (χ2v) is 16.2. The second kappa shape index (κ2) is 19.2. The van der Waals surface area contributed by atoms with Gasteiger partial charge in [-0.1, -0.05) is 122 Å².